The summed E-state index contributed by atoms with van der Waals surface area (Å²) in [6.07, 6.45) is 0.329. The van der Waals surface area contributed by atoms with Crippen LogP contribution in [-0.2, 0) is 17.8 Å². The first-order chi connectivity index (χ1) is 16.6. The van der Waals surface area contributed by atoms with Gasteiger partial charge in [0.2, 0.25) is 5.91 Å². The van der Waals surface area contributed by atoms with E-state index < -0.39 is 0 Å². The molecule has 0 aliphatic heterocycles. The predicted molar refractivity (Wildman–Crippen MR) is 142 cm³/mol. The molecule has 0 bridgehead atoms. The van der Waals surface area contributed by atoms with Gasteiger partial charge in [-0.3, -0.25) is 9.69 Å². The standard InChI is InChI=1S/C30H26N2OS/c1-21-17-22(2)29-27(18-21)34-30(31-29)32(20-24-9-5-3-6-10-24)28(33)19-23-13-15-26(16-14-23)25-11-7-4-8-12-25/h3-18H,19-20H2,1-2H3. The third-order valence-corrected chi connectivity index (χ3v) is 6.98. The monoisotopic (exact) mass is 462 g/mol. The highest BCUT2D eigenvalue weighted by atomic mass is 32.1. The first-order valence-electron chi connectivity index (χ1n) is 11.4. The number of thiazole rings is 1. The normalized spacial score (nSPS) is 11.0. The molecular weight excluding hydrogens is 436 g/mol. The highest BCUT2D eigenvalue weighted by Gasteiger charge is 2.21. The van der Waals surface area contributed by atoms with Crippen molar-refractivity contribution in [3.63, 3.8) is 0 Å². The van der Waals surface area contributed by atoms with Gasteiger partial charge in [-0.15, -0.1) is 0 Å². The molecule has 0 atom stereocenters. The molecule has 0 radical (unpaired) electrons. The summed E-state index contributed by atoms with van der Waals surface area (Å²) in [5.41, 5.74) is 7.73. The van der Waals surface area contributed by atoms with Crippen LogP contribution in [0.1, 0.15) is 22.3 Å². The summed E-state index contributed by atoms with van der Waals surface area (Å²) >= 11 is 1.59. The molecule has 1 amide bonds. The maximum atomic E-state index is 13.6. The molecule has 34 heavy (non-hydrogen) atoms. The van der Waals surface area contributed by atoms with Crippen LogP contribution in [0.25, 0.3) is 21.3 Å². The zero-order valence-electron chi connectivity index (χ0n) is 19.4. The van der Waals surface area contributed by atoms with Crippen LogP contribution in [0.3, 0.4) is 0 Å². The Labute approximate surface area is 204 Å². The number of rotatable bonds is 6. The zero-order chi connectivity index (χ0) is 23.5. The van der Waals surface area contributed by atoms with Gasteiger partial charge in [0.05, 0.1) is 23.2 Å². The van der Waals surface area contributed by atoms with E-state index in [-0.39, 0.29) is 5.91 Å². The van der Waals surface area contributed by atoms with Crippen molar-refractivity contribution in [2.75, 3.05) is 4.90 Å². The molecule has 0 saturated carbocycles. The maximum Gasteiger partial charge on any atom is 0.233 e. The Morgan fingerprint density at radius 1 is 0.794 bits per heavy atom. The lowest BCUT2D eigenvalue weighted by atomic mass is 10.0. The Balaban J connectivity index is 1.44. The number of aryl methyl sites for hydroxylation is 2. The Morgan fingerprint density at radius 3 is 2.15 bits per heavy atom. The Kier molecular flexibility index (Phi) is 6.24. The summed E-state index contributed by atoms with van der Waals surface area (Å²) in [6.45, 7) is 4.67. The fourth-order valence-corrected chi connectivity index (χ4v) is 5.38. The summed E-state index contributed by atoms with van der Waals surface area (Å²) in [6, 6.07) is 33.0. The molecule has 3 nitrogen and oxygen atoms in total. The number of hydrogen-bond acceptors (Lipinski definition) is 3. The molecule has 4 heteroatoms. The van der Waals surface area contributed by atoms with Crippen LogP contribution < -0.4 is 4.90 Å². The number of carbonyl (C=O) groups is 1. The number of hydrogen-bond donors (Lipinski definition) is 0. The first-order valence-corrected chi connectivity index (χ1v) is 12.2. The number of amides is 1. The van der Waals surface area contributed by atoms with Crippen LogP contribution in [0.5, 0.6) is 0 Å². The lowest BCUT2D eigenvalue weighted by Gasteiger charge is -2.20. The van der Waals surface area contributed by atoms with Crippen LogP contribution in [0.15, 0.2) is 97.1 Å². The van der Waals surface area contributed by atoms with Gasteiger partial charge in [0.15, 0.2) is 5.13 Å². The number of aromatic nitrogens is 1. The van der Waals surface area contributed by atoms with Crippen molar-refractivity contribution >= 4 is 32.6 Å². The molecule has 0 spiro atoms. The third kappa shape index (κ3) is 4.78. The lowest BCUT2D eigenvalue weighted by Crippen LogP contribution is -2.31. The van der Waals surface area contributed by atoms with E-state index in [1.807, 2.05) is 53.4 Å². The van der Waals surface area contributed by atoms with Crippen molar-refractivity contribution in [1.29, 1.82) is 0 Å². The van der Waals surface area contributed by atoms with E-state index in [1.54, 1.807) is 11.3 Å². The van der Waals surface area contributed by atoms with Crippen molar-refractivity contribution in [2.24, 2.45) is 0 Å². The number of anilines is 1. The maximum absolute atomic E-state index is 13.6. The number of benzene rings is 4. The van der Waals surface area contributed by atoms with Gasteiger partial charge in [0.25, 0.3) is 0 Å². The summed E-state index contributed by atoms with van der Waals surface area (Å²) in [5.74, 6) is 0.0461. The third-order valence-electron chi connectivity index (χ3n) is 5.95. The highest BCUT2D eigenvalue weighted by Crippen LogP contribution is 2.33. The van der Waals surface area contributed by atoms with Crippen LogP contribution in [0.4, 0.5) is 5.13 Å². The Bertz CT molecular complexity index is 1420. The van der Waals surface area contributed by atoms with Gasteiger partial charge in [-0.05, 0) is 53.3 Å². The lowest BCUT2D eigenvalue weighted by molar-refractivity contribution is -0.118. The average molecular weight is 463 g/mol. The van der Waals surface area contributed by atoms with Crippen molar-refractivity contribution in [1.82, 2.24) is 4.98 Å². The van der Waals surface area contributed by atoms with Gasteiger partial charge in [0.1, 0.15) is 0 Å². The first kappa shape index (κ1) is 22.1. The van der Waals surface area contributed by atoms with Gasteiger partial charge in [-0.25, -0.2) is 4.98 Å². The summed E-state index contributed by atoms with van der Waals surface area (Å²) in [4.78, 5) is 20.3. The second-order valence-electron chi connectivity index (χ2n) is 8.63. The SMILES string of the molecule is Cc1cc(C)c2nc(N(Cc3ccccc3)C(=O)Cc3ccc(-c4ccccc4)cc3)sc2c1. The number of carbonyl (C=O) groups excluding carboxylic acids is 1. The summed E-state index contributed by atoms with van der Waals surface area (Å²) < 4.78 is 1.12. The Hall–Kier alpha value is -3.76. The smallest absolute Gasteiger partial charge is 0.233 e. The van der Waals surface area contributed by atoms with Crippen molar-refractivity contribution in [3.05, 3.63) is 119 Å². The van der Waals surface area contributed by atoms with Crippen LogP contribution in [-0.4, -0.2) is 10.9 Å². The molecule has 0 N–H and O–H groups in total. The van der Waals surface area contributed by atoms with Crippen molar-refractivity contribution in [2.45, 2.75) is 26.8 Å². The molecule has 0 aliphatic carbocycles. The quantitative estimate of drug-likeness (QED) is 0.264. The summed E-state index contributed by atoms with van der Waals surface area (Å²) in [7, 11) is 0. The molecule has 168 valence electrons. The van der Waals surface area contributed by atoms with Gasteiger partial charge in [0, 0.05) is 0 Å². The molecule has 0 saturated heterocycles. The van der Waals surface area contributed by atoms with Gasteiger partial charge < -0.3 is 0 Å². The van der Waals surface area contributed by atoms with Crippen LogP contribution >= 0.6 is 11.3 Å². The number of fused-ring (bicyclic) bond motifs is 1. The van der Waals surface area contributed by atoms with E-state index in [9.17, 15) is 4.79 Å². The predicted octanol–water partition coefficient (Wildman–Crippen LogP) is 7.36. The van der Waals surface area contributed by atoms with Crippen LogP contribution in [0, 0.1) is 13.8 Å². The zero-order valence-corrected chi connectivity index (χ0v) is 20.2. The van der Waals surface area contributed by atoms with E-state index in [4.69, 9.17) is 4.98 Å². The molecular formula is C30H26N2OS. The molecule has 1 heterocycles. The fraction of sp³-hybridized carbons (Fsp3) is 0.133. The summed E-state index contributed by atoms with van der Waals surface area (Å²) in [5, 5.41) is 0.749. The van der Waals surface area contributed by atoms with Crippen molar-refractivity contribution in [3.8, 4) is 11.1 Å². The molecule has 5 aromatic rings. The highest BCUT2D eigenvalue weighted by molar-refractivity contribution is 7.22. The van der Waals surface area contributed by atoms with E-state index >= 15 is 0 Å². The van der Waals surface area contributed by atoms with Gasteiger partial charge in [-0.1, -0.05) is 102 Å². The van der Waals surface area contributed by atoms with Crippen LogP contribution in [0.2, 0.25) is 0 Å². The van der Waals surface area contributed by atoms with E-state index in [1.165, 1.54) is 11.1 Å². The Morgan fingerprint density at radius 2 is 1.44 bits per heavy atom. The second-order valence-corrected chi connectivity index (χ2v) is 9.64. The topological polar surface area (TPSA) is 33.2 Å². The van der Waals surface area contributed by atoms with Gasteiger partial charge in [-0.2, -0.15) is 0 Å². The van der Waals surface area contributed by atoms with E-state index in [2.05, 4.69) is 62.4 Å². The largest absolute Gasteiger partial charge is 0.283 e. The van der Waals surface area contributed by atoms with Gasteiger partial charge >= 0.3 is 0 Å². The minimum atomic E-state index is 0.0461. The molecule has 0 aliphatic rings. The minimum absolute atomic E-state index is 0.0461. The minimum Gasteiger partial charge on any atom is -0.283 e. The molecule has 0 fully saturated rings. The fourth-order valence-electron chi connectivity index (χ4n) is 4.22. The average Bonchev–Trinajstić information content (AvgIpc) is 3.28. The molecule has 0 unspecified atom stereocenters. The van der Waals surface area contributed by atoms with E-state index in [0.717, 1.165) is 37.6 Å². The number of nitrogens with zero attached hydrogens (tertiary/aromatic N) is 2. The molecule has 1 aromatic heterocycles. The second kappa shape index (κ2) is 9.62. The van der Waals surface area contributed by atoms with Crippen molar-refractivity contribution < 1.29 is 4.79 Å². The van der Waals surface area contributed by atoms with E-state index in [0.29, 0.717) is 13.0 Å². The molecule has 4 aromatic carbocycles. The molecule has 5 rings (SSSR count).